The van der Waals surface area contributed by atoms with Crippen LogP contribution in [-0.2, 0) is 106 Å². The molecule has 3 aliphatic heterocycles. The molecule has 622 valence electrons. The van der Waals surface area contributed by atoms with Crippen molar-refractivity contribution in [2.75, 3.05) is 20.2 Å². The van der Waals surface area contributed by atoms with Gasteiger partial charge in [0, 0.05) is 58.5 Å². The molecule has 3 aliphatic rings. The molecule has 19 N–H and O–H groups in total. The number of nitrogens with one attached hydrogen (secondary N) is 10. The van der Waals surface area contributed by atoms with Gasteiger partial charge < -0.3 is 100 Å². The van der Waals surface area contributed by atoms with E-state index in [1.807, 2.05) is 68.4 Å². The van der Waals surface area contributed by atoms with Gasteiger partial charge in [0.2, 0.25) is 70.9 Å². The molecule has 34 heteroatoms. The van der Waals surface area contributed by atoms with Crippen LogP contribution in [0.2, 0.25) is 0 Å². The number of carbonyl (C=O) groups excluding carboxylic acids is 12. The van der Waals surface area contributed by atoms with Crippen molar-refractivity contribution in [1.82, 2.24) is 73.1 Å². The van der Waals surface area contributed by atoms with Crippen molar-refractivity contribution in [2.45, 2.75) is 209 Å². The smallest absolute Gasteiger partial charge is 0.246 e. The molecular weight excluding hydrogens is 1500 g/mol. The van der Waals surface area contributed by atoms with Crippen LogP contribution in [0.1, 0.15) is 107 Å². The standard InChI is InChI=1S/C82H107N17O17/c1-46(2)37-58-74(107)94-63(40-49-19-11-7-12-20-49)81(114)99-36-16-24-64(99)79(112)93-59(38-48-17-9-6-10-18-48)75(108)91-61(41-54-44-98(97-96-54)45-65-70(103)71(104)69(82(115-5)116-65)86-43-51-25-29-53(30-26-51)52-21-13-8-14-22-52)76(109)92-62(42-67(85)102)77(110)87-57(33-34-66(84)101)73(106)90-60(39-50-27-31-55(100)32-28-50)78(111)95-68(47(3)4)80(113)88-56(23-15-35-83)72(105)89-58/h6-14,17-22,25-32,44,46-47,56-65,68-71,82,86,100,103-104H,15-16,23-24,33-43,45,83H2,1-5H3,(H2,84,101)(H2,85,102)(H,87,110)(H,88,113)(H,89,105)(H,90,106)(H,91,108)(H,92,109)(H,93,112)(H,94,107)(H,95,111)/t56-,57-,58-,59-,60-,61+,62-,63+,64-,65+,68-,69+,70+,71+,82+/m0/s1. The van der Waals surface area contributed by atoms with E-state index in [1.54, 1.807) is 74.5 Å². The van der Waals surface area contributed by atoms with Gasteiger partial charge in [-0.1, -0.05) is 160 Å². The summed E-state index contributed by atoms with van der Waals surface area (Å²) in [7, 11) is 1.37. The lowest BCUT2D eigenvalue weighted by Gasteiger charge is -2.42. The zero-order valence-corrected chi connectivity index (χ0v) is 65.6. The van der Waals surface area contributed by atoms with Crippen LogP contribution in [0.3, 0.4) is 0 Å². The Kier molecular flexibility index (Phi) is 32.5. The highest BCUT2D eigenvalue weighted by atomic mass is 16.7. The number of aliphatic hydroxyl groups is 2. The van der Waals surface area contributed by atoms with Crippen LogP contribution in [0.4, 0.5) is 0 Å². The SMILES string of the molecule is CO[C@@H]1O[C@H](Cn2cc(C[C@H]3NC(=O)[C@H](Cc4ccccc4)NC(=O)[C@@H]4CCCN4C(=O)[C@@H](Cc4ccccc4)NC(=O)[C@H](CC(C)C)NC(=O)[C@H](CCCN)NC(=O)[C@H](C(C)C)NC(=O)[C@H](Cc4ccc(O)cc4)NC(=O)[C@H](CCC(N)=O)NC(=O)[C@H](CC(N)=O)NC3=O)nn2)[C@@H](O)[C@H](O)[C@H]1NCc1ccc(-c2ccccc2)cc1. The van der Waals surface area contributed by atoms with Gasteiger partial charge in [0.15, 0.2) is 6.29 Å². The van der Waals surface area contributed by atoms with Gasteiger partial charge in [0.1, 0.15) is 84.5 Å². The van der Waals surface area contributed by atoms with Gasteiger partial charge in [-0.3, -0.25) is 57.5 Å². The van der Waals surface area contributed by atoms with Gasteiger partial charge in [0.05, 0.1) is 24.7 Å². The topological polar surface area (TPSA) is 516 Å². The highest BCUT2D eigenvalue weighted by molar-refractivity contribution is 6.01. The maximum absolute atomic E-state index is 15.4. The molecular formula is C82H107N17O17. The predicted octanol–water partition coefficient (Wildman–Crippen LogP) is -0.878. The average Bonchev–Trinajstić information content (AvgIpc) is 1.78. The molecule has 9 rings (SSSR count). The minimum absolute atomic E-state index is 0.0153. The Morgan fingerprint density at radius 2 is 1.03 bits per heavy atom. The zero-order chi connectivity index (χ0) is 83.7. The summed E-state index contributed by atoms with van der Waals surface area (Å²) in [5, 5.41) is 69.4. The molecule has 34 nitrogen and oxygen atoms in total. The van der Waals surface area contributed by atoms with Gasteiger partial charge in [-0.25, -0.2) is 4.68 Å². The van der Waals surface area contributed by atoms with Crippen LogP contribution in [-0.4, -0.2) is 217 Å². The van der Waals surface area contributed by atoms with Crippen LogP contribution < -0.4 is 70.4 Å². The summed E-state index contributed by atoms with van der Waals surface area (Å²) in [6.45, 7) is 6.88. The summed E-state index contributed by atoms with van der Waals surface area (Å²) in [6, 6.07) is 23.7. The van der Waals surface area contributed by atoms with Crippen LogP contribution in [0.15, 0.2) is 146 Å². The molecule has 0 unspecified atom stereocenters. The van der Waals surface area contributed by atoms with Crippen LogP contribution in [0, 0.1) is 11.8 Å². The number of aliphatic hydroxyl groups excluding tert-OH is 2. The Morgan fingerprint density at radius 3 is 1.61 bits per heavy atom. The van der Waals surface area contributed by atoms with E-state index in [4.69, 9.17) is 26.7 Å². The number of phenols is 1. The molecule has 12 amide bonds. The minimum Gasteiger partial charge on any atom is -0.508 e. The highest BCUT2D eigenvalue weighted by Crippen LogP contribution is 2.27. The van der Waals surface area contributed by atoms with Crippen molar-refractivity contribution in [3.8, 4) is 16.9 Å². The first kappa shape index (κ1) is 88.4. The number of fused-ring (bicyclic) bond motifs is 1. The number of primary amides is 2. The number of nitrogens with two attached hydrogens (primary N) is 3. The van der Waals surface area contributed by atoms with Crippen molar-refractivity contribution < 1.29 is 82.3 Å². The number of rotatable bonds is 26. The fourth-order valence-corrected chi connectivity index (χ4v) is 14.2. The third kappa shape index (κ3) is 25.5. The van der Waals surface area contributed by atoms with E-state index in [2.05, 4.69) is 63.5 Å². The fourth-order valence-electron chi connectivity index (χ4n) is 14.2. The maximum atomic E-state index is 15.4. The minimum atomic E-state index is -2.00. The summed E-state index contributed by atoms with van der Waals surface area (Å²) in [5.41, 5.74) is 21.7. The van der Waals surface area contributed by atoms with Gasteiger partial charge in [-0.05, 0) is 102 Å². The molecule has 1 aromatic heterocycles. The number of carbonyl (C=O) groups is 12. The first-order chi connectivity index (χ1) is 55.5. The van der Waals surface area contributed by atoms with Crippen molar-refractivity contribution >= 4 is 70.9 Å². The summed E-state index contributed by atoms with van der Waals surface area (Å²) in [5.74, 6) is -12.8. The van der Waals surface area contributed by atoms with E-state index in [9.17, 15) is 53.7 Å². The van der Waals surface area contributed by atoms with Gasteiger partial charge >= 0.3 is 0 Å². The second kappa shape index (κ2) is 42.7. The van der Waals surface area contributed by atoms with Gasteiger partial charge in [-0.15, -0.1) is 5.10 Å². The zero-order valence-electron chi connectivity index (χ0n) is 65.6. The summed E-state index contributed by atoms with van der Waals surface area (Å²) >= 11 is 0. The number of benzene rings is 5. The van der Waals surface area contributed by atoms with E-state index in [1.165, 1.54) is 47.2 Å². The number of amides is 12. The lowest BCUT2D eigenvalue weighted by Crippen LogP contribution is -2.63. The molecule has 5 aromatic carbocycles. The van der Waals surface area contributed by atoms with Gasteiger partial charge in [0.25, 0.3) is 0 Å². The molecule has 4 heterocycles. The second-order valence-corrected chi connectivity index (χ2v) is 30.3. The Labute approximate surface area is 672 Å². The van der Waals surface area contributed by atoms with Crippen molar-refractivity contribution in [2.24, 2.45) is 29.0 Å². The summed E-state index contributed by atoms with van der Waals surface area (Å²) in [6.07, 6.45) is -6.77. The lowest BCUT2D eigenvalue weighted by atomic mass is 9.96. The van der Waals surface area contributed by atoms with E-state index < -0.39 is 194 Å². The lowest BCUT2D eigenvalue weighted by molar-refractivity contribution is -0.260. The van der Waals surface area contributed by atoms with Crippen LogP contribution >= 0.6 is 0 Å². The number of methoxy groups -OCH3 is 1. The summed E-state index contributed by atoms with van der Waals surface area (Å²) in [4.78, 5) is 177. The third-order valence-electron chi connectivity index (χ3n) is 20.5. The van der Waals surface area contributed by atoms with Gasteiger partial charge in [-0.2, -0.15) is 0 Å². The molecule has 0 saturated carbocycles. The average molecular weight is 1600 g/mol. The predicted molar refractivity (Wildman–Crippen MR) is 423 cm³/mol. The first-order valence-corrected chi connectivity index (χ1v) is 39.0. The highest BCUT2D eigenvalue weighted by Gasteiger charge is 2.46. The monoisotopic (exact) mass is 1600 g/mol. The fraction of sp³-hybridized carbons (Fsp3) is 0.463. The molecule has 3 fully saturated rings. The normalized spacial score (nSPS) is 25.4. The quantitative estimate of drug-likeness (QED) is 0.0314. The Morgan fingerprint density at radius 1 is 0.552 bits per heavy atom. The maximum Gasteiger partial charge on any atom is 0.246 e. The molecule has 0 radical (unpaired) electrons. The number of hydrogen-bond donors (Lipinski definition) is 16. The summed E-state index contributed by atoms with van der Waals surface area (Å²) < 4.78 is 13.2. The van der Waals surface area contributed by atoms with Crippen LogP contribution in [0.5, 0.6) is 5.75 Å². The number of phenolic OH excluding ortho intramolecular Hbond substituents is 1. The third-order valence-corrected chi connectivity index (χ3v) is 20.5. The Bertz CT molecular complexity index is 4330. The Hall–Kier alpha value is -11.6. The molecule has 0 spiro atoms. The molecule has 6 aromatic rings. The Balaban J connectivity index is 1.07. The number of aromatic nitrogens is 3. The molecule has 0 bridgehead atoms. The van der Waals surface area contributed by atoms with Crippen LogP contribution in [0.25, 0.3) is 11.1 Å². The number of hydrogen-bond acceptors (Lipinski definition) is 21. The molecule has 3 saturated heterocycles. The number of ether oxygens (including phenoxy) is 2. The molecule has 116 heavy (non-hydrogen) atoms. The van der Waals surface area contributed by atoms with Crippen molar-refractivity contribution in [1.29, 1.82) is 0 Å². The number of nitrogens with zero attached hydrogens (tertiary/aromatic N) is 4. The molecule has 15 atom stereocenters. The van der Waals surface area contributed by atoms with E-state index in [0.717, 1.165) is 16.7 Å². The first-order valence-electron chi connectivity index (χ1n) is 39.0. The van der Waals surface area contributed by atoms with Crippen molar-refractivity contribution in [3.05, 3.63) is 174 Å². The largest absolute Gasteiger partial charge is 0.508 e. The van der Waals surface area contributed by atoms with E-state index in [-0.39, 0.29) is 94.9 Å². The second-order valence-electron chi connectivity index (χ2n) is 30.3. The number of aromatic hydroxyl groups is 1. The van der Waals surface area contributed by atoms with Crippen molar-refractivity contribution in [3.63, 3.8) is 0 Å². The van der Waals surface area contributed by atoms with E-state index in [0.29, 0.717) is 16.7 Å². The molecule has 0 aliphatic carbocycles. The van der Waals surface area contributed by atoms with E-state index >= 15 is 19.2 Å².